The molecule has 156 valence electrons. The van der Waals surface area contributed by atoms with Crippen molar-refractivity contribution in [2.24, 2.45) is 0 Å². The molecule has 0 bridgehead atoms. The Morgan fingerprint density at radius 2 is 1.93 bits per heavy atom. The molecule has 0 aliphatic carbocycles. The van der Waals surface area contributed by atoms with Crippen molar-refractivity contribution >= 4 is 11.9 Å². The molecule has 1 heterocycles. The highest BCUT2D eigenvalue weighted by atomic mass is 19.3. The topological polar surface area (TPSA) is 73.9 Å². The van der Waals surface area contributed by atoms with Crippen molar-refractivity contribution in [3.8, 4) is 5.75 Å². The lowest BCUT2D eigenvalue weighted by atomic mass is 10.2. The van der Waals surface area contributed by atoms with Gasteiger partial charge in [-0.05, 0) is 24.1 Å². The van der Waals surface area contributed by atoms with E-state index in [1.807, 2.05) is 11.8 Å². The van der Waals surface area contributed by atoms with Crippen LogP contribution in [0.5, 0.6) is 5.75 Å². The minimum atomic E-state index is -2.53. The zero-order valence-electron chi connectivity index (χ0n) is 16.1. The molecule has 1 aliphatic heterocycles. The van der Waals surface area contributed by atoms with Crippen molar-refractivity contribution in [3.63, 3.8) is 0 Å². The molecule has 1 aromatic rings. The number of benzene rings is 1. The molecule has 1 aliphatic rings. The Bertz CT molecular complexity index is 637. The average molecular weight is 398 g/mol. The van der Waals surface area contributed by atoms with Gasteiger partial charge in [0.25, 0.3) is 6.43 Å². The molecule has 0 aromatic heterocycles. The van der Waals surface area contributed by atoms with Gasteiger partial charge < -0.3 is 20.3 Å². The summed E-state index contributed by atoms with van der Waals surface area (Å²) in [4.78, 5) is 27.8. The van der Waals surface area contributed by atoms with Gasteiger partial charge in [-0.15, -0.1) is 0 Å². The van der Waals surface area contributed by atoms with Gasteiger partial charge in [0.2, 0.25) is 5.91 Å². The number of amides is 3. The smallest absolute Gasteiger partial charge is 0.317 e. The molecule has 0 spiro atoms. The van der Waals surface area contributed by atoms with Gasteiger partial charge in [0.15, 0.2) is 0 Å². The molecule has 0 radical (unpaired) electrons. The molecule has 9 heteroatoms. The van der Waals surface area contributed by atoms with Crippen LogP contribution in [0, 0.1) is 0 Å². The van der Waals surface area contributed by atoms with Gasteiger partial charge in [0.05, 0.1) is 6.54 Å². The Kier molecular flexibility index (Phi) is 8.93. The number of hydrogen-bond acceptors (Lipinski definition) is 4. The number of hydrogen-bond donors (Lipinski definition) is 2. The summed E-state index contributed by atoms with van der Waals surface area (Å²) in [5.41, 5.74) is 0.770. The third kappa shape index (κ3) is 7.67. The standard InChI is InChI=1S/C19H28F2N4O3/c1-2-6-22-18(26)13-24-7-9-25(10-8-24)19(27)23-12-15-4-3-5-16(11-15)28-14-17(20)21/h3-5,11,17H,2,6-10,12-14H2,1H3,(H,22,26)(H,23,27). The summed E-state index contributed by atoms with van der Waals surface area (Å²) in [7, 11) is 0. The Balaban J connectivity index is 1.71. The van der Waals surface area contributed by atoms with E-state index >= 15 is 0 Å². The van der Waals surface area contributed by atoms with Gasteiger partial charge in [-0.25, -0.2) is 13.6 Å². The van der Waals surface area contributed by atoms with E-state index in [4.69, 9.17) is 4.74 Å². The molecular weight excluding hydrogens is 370 g/mol. The fourth-order valence-corrected chi connectivity index (χ4v) is 2.83. The van der Waals surface area contributed by atoms with E-state index in [2.05, 4.69) is 10.6 Å². The highest BCUT2D eigenvalue weighted by Crippen LogP contribution is 2.14. The summed E-state index contributed by atoms with van der Waals surface area (Å²) < 4.78 is 29.4. The molecule has 2 rings (SSSR count). The molecule has 0 saturated carbocycles. The summed E-state index contributed by atoms with van der Waals surface area (Å²) in [6.45, 7) is 5.03. The van der Waals surface area contributed by atoms with Crippen molar-refractivity contribution in [2.75, 3.05) is 45.9 Å². The average Bonchev–Trinajstić information content (AvgIpc) is 2.70. The highest BCUT2D eigenvalue weighted by Gasteiger charge is 2.22. The van der Waals surface area contributed by atoms with E-state index in [1.54, 1.807) is 29.2 Å². The van der Waals surface area contributed by atoms with E-state index in [1.165, 1.54) is 0 Å². The maximum absolute atomic E-state index is 12.3. The molecular formula is C19H28F2N4O3. The number of nitrogens with one attached hydrogen (secondary N) is 2. The second kappa shape index (κ2) is 11.4. The molecule has 28 heavy (non-hydrogen) atoms. The first-order valence-corrected chi connectivity index (χ1v) is 9.49. The Morgan fingerprint density at radius 1 is 1.18 bits per heavy atom. The molecule has 1 saturated heterocycles. The maximum Gasteiger partial charge on any atom is 0.317 e. The summed E-state index contributed by atoms with van der Waals surface area (Å²) in [6.07, 6.45) is -1.62. The Morgan fingerprint density at radius 3 is 2.61 bits per heavy atom. The first kappa shape index (κ1) is 21.9. The second-order valence-corrected chi connectivity index (χ2v) is 6.62. The Labute approximate surface area is 164 Å². The summed E-state index contributed by atoms with van der Waals surface area (Å²) in [5, 5.41) is 5.68. The molecule has 7 nitrogen and oxygen atoms in total. The number of rotatable bonds is 9. The van der Waals surface area contributed by atoms with Crippen LogP contribution in [0.15, 0.2) is 24.3 Å². The number of carbonyl (C=O) groups excluding carboxylic acids is 2. The van der Waals surface area contributed by atoms with E-state index in [0.29, 0.717) is 45.0 Å². The minimum Gasteiger partial charge on any atom is -0.488 e. The lowest BCUT2D eigenvalue weighted by molar-refractivity contribution is -0.122. The number of carbonyl (C=O) groups is 2. The molecule has 1 fully saturated rings. The van der Waals surface area contributed by atoms with Crippen LogP contribution in [-0.2, 0) is 11.3 Å². The first-order chi connectivity index (χ1) is 13.5. The van der Waals surface area contributed by atoms with E-state index in [0.717, 1.165) is 12.0 Å². The number of nitrogens with zero attached hydrogens (tertiary/aromatic N) is 2. The largest absolute Gasteiger partial charge is 0.488 e. The lowest BCUT2D eigenvalue weighted by Gasteiger charge is -2.34. The molecule has 2 N–H and O–H groups in total. The van der Waals surface area contributed by atoms with Crippen LogP contribution in [0.1, 0.15) is 18.9 Å². The normalized spacial score (nSPS) is 14.8. The fraction of sp³-hybridized carbons (Fsp3) is 0.579. The summed E-state index contributed by atoms with van der Waals surface area (Å²) in [5.74, 6) is 0.357. The predicted octanol–water partition coefficient (Wildman–Crippen LogP) is 1.68. The van der Waals surface area contributed by atoms with Crippen LogP contribution >= 0.6 is 0 Å². The maximum atomic E-state index is 12.3. The van der Waals surface area contributed by atoms with Gasteiger partial charge in [-0.1, -0.05) is 19.1 Å². The monoisotopic (exact) mass is 398 g/mol. The molecule has 0 unspecified atom stereocenters. The molecule has 3 amide bonds. The lowest BCUT2D eigenvalue weighted by Crippen LogP contribution is -2.53. The van der Waals surface area contributed by atoms with Gasteiger partial charge in [0.1, 0.15) is 12.4 Å². The van der Waals surface area contributed by atoms with Crippen LogP contribution in [0.4, 0.5) is 13.6 Å². The second-order valence-electron chi connectivity index (χ2n) is 6.62. The van der Waals surface area contributed by atoms with E-state index in [-0.39, 0.29) is 18.5 Å². The summed E-state index contributed by atoms with van der Waals surface area (Å²) in [6, 6.07) is 6.54. The van der Waals surface area contributed by atoms with Crippen LogP contribution in [0.2, 0.25) is 0 Å². The van der Waals surface area contributed by atoms with Crippen molar-refractivity contribution in [3.05, 3.63) is 29.8 Å². The van der Waals surface area contributed by atoms with Crippen LogP contribution < -0.4 is 15.4 Å². The third-order valence-electron chi connectivity index (χ3n) is 4.32. The minimum absolute atomic E-state index is 0.00805. The molecule has 1 aromatic carbocycles. The number of piperazine rings is 1. The van der Waals surface area contributed by atoms with Crippen molar-refractivity contribution in [1.82, 2.24) is 20.4 Å². The number of ether oxygens (including phenoxy) is 1. The Hall–Kier alpha value is -2.42. The first-order valence-electron chi connectivity index (χ1n) is 9.49. The van der Waals surface area contributed by atoms with Crippen molar-refractivity contribution in [2.45, 2.75) is 26.3 Å². The van der Waals surface area contributed by atoms with Gasteiger partial charge in [-0.3, -0.25) is 9.69 Å². The van der Waals surface area contributed by atoms with Crippen LogP contribution in [-0.4, -0.2) is 74.0 Å². The van der Waals surface area contributed by atoms with Crippen LogP contribution in [0.3, 0.4) is 0 Å². The zero-order chi connectivity index (χ0) is 20.4. The SMILES string of the molecule is CCCNC(=O)CN1CCN(C(=O)NCc2cccc(OCC(F)F)c2)CC1. The predicted molar refractivity (Wildman–Crippen MR) is 101 cm³/mol. The van der Waals surface area contributed by atoms with Crippen molar-refractivity contribution in [1.29, 1.82) is 0 Å². The van der Waals surface area contributed by atoms with E-state index in [9.17, 15) is 18.4 Å². The quantitative estimate of drug-likeness (QED) is 0.664. The van der Waals surface area contributed by atoms with Gasteiger partial charge in [0, 0.05) is 39.3 Å². The van der Waals surface area contributed by atoms with Gasteiger partial charge in [-0.2, -0.15) is 0 Å². The number of alkyl halides is 2. The third-order valence-corrected chi connectivity index (χ3v) is 4.32. The van der Waals surface area contributed by atoms with Crippen molar-refractivity contribution < 1.29 is 23.1 Å². The zero-order valence-corrected chi connectivity index (χ0v) is 16.1. The highest BCUT2D eigenvalue weighted by molar-refractivity contribution is 5.78. The van der Waals surface area contributed by atoms with Crippen LogP contribution in [0.25, 0.3) is 0 Å². The molecule has 0 atom stereocenters. The number of halogens is 2. The fourth-order valence-electron chi connectivity index (χ4n) is 2.83. The summed E-state index contributed by atoms with van der Waals surface area (Å²) >= 11 is 0. The van der Waals surface area contributed by atoms with Gasteiger partial charge >= 0.3 is 6.03 Å². The number of urea groups is 1. The van der Waals surface area contributed by atoms with E-state index < -0.39 is 13.0 Å².